The summed E-state index contributed by atoms with van der Waals surface area (Å²) in [4.78, 5) is 20.6. The van der Waals surface area contributed by atoms with Crippen LogP contribution in [0, 0.1) is 20.2 Å². The van der Waals surface area contributed by atoms with Crippen LogP contribution in [0.1, 0.15) is 0 Å². The van der Waals surface area contributed by atoms with E-state index < -0.39 is 9.85 Å². The van der Waals surface area contributed by atoms with E-state index >= 15 is 0 Å². The summed E-state index contributed by atoms with van der Waals surface area (Å²) in [5, 5.41) is 33.4. The third kappa shape index (κ3) is 27.8. The van der Waals surface area contributed by atoms with Gasteiger partial charge >= 0.3 is 0 Å². The van der Waals surface area contributed by atoms with E-state index in [4.69, 9.17) is 57.2 Å². The SMILES string of the molecule is O=[N+]([O-])c1ccc(NCCOCCOCCOCCOCCOCCOCCOCCOCCOCCOCCOCCO)c([N+](=O)[O-])c1. The molecule has 1 rings (SSSR count). The minimum atomic E-state index is -0.683. The molecule has 0 aliphatic rings. The van der Waals surface area contributed by atoms with Crippen molar-refractivity contribution >= 4 is 17.1 Å². The molecule has 0 saturated heterocycles. The molecule has 0 aliphatic carbocycles. The molecule has 19 nitrogen and oxygen atoms in total. The van der Waals surface area contributed by atoms with Gasteiger partial charge < -0.3 is 62.5 Å². The number of ether oxygens (including phenoxy) is 11. The molecule has 0 amide bonds. The monoisotopic (exact) mass is 711 g/mol. The predicted octanol–water partition coefficient (Wildman–Crippen LogP) is 1.09. The second-order valence-electron chi connectivity index (χ2n) is 9.60. The molecular formula is C30H53N3O16. The molecule has 0 radical (unpaired) electrons. The maximum Gasteiger partial charge on any atom is 0.299 e. The molecule has 0 heterocycles. The molecule has 0 saturated carbocycles. The van der Waals surface area contributed by atoms with Gasteiger partial charge in [0, 0.05) is 12.6 Å². The van der Waals surface area contributed by atoms with Gasteiger partial charge in [0.15, 0.2) is 0 Å². The Hall–Kier alpha value is -2.66. The fourth-order valence-electron chi connectivity index (χ4n) is 3.56. The third-order valence-electron chi connectivity index (χ3n) is 5.91. The number of nitrogens with one attached hydrogen (secondary N) is 1. The topological polar surface area (TPSA) is 220 Å². The summed E-state index contributed by atoms with van der Waals surface area (Å²) in [7, 11) is 0. The first-order chi connectivity index (χ1) is 24.1. The van der Waals surface area contributed by atoms with E-state index in [1.54, 1.807) is 0 Å². The summed E-state index contributed by atoms with van der Waals surface area (Å²) in [5.41, 5.74) is -0.532. The maximum atomic E-state index is 11.1. The fraction of sp³-hybridized carbons (Fsp3) is 0.800. The van der Waals surface area contributed by atoms with Crippen LogP contribution in [0.5, 0.6) is 0 Å². The molecular weight excluding hydrogens is 658 g/mol. The van der Waals surface area contributed by atoms with Crippen molar-refractivity contribution in [3.8, 4) is 0 Å². The van der Waals surface area contributed by atoms with Crippen molar-refractivity contribution in [1.29, 1.82) is 0 Å². The van der Waals surface area contributed by atoms with Gasteiger partial charge in [-0.05, 0) is 6.07 Å². The van der Waals surface area contributed by atoms with Gasteiger partial charge in [-0.2, -0.15) is 0 Å². The van der Waals surface area contributed by atoms with Crippen LogP contribution in [0.3, 0.4) is 0 Å². The Kier molecular flexibility index (Phi) is 30.6. The van der Waals surface area contributed by atoms with E-state index in [0.717, 1.165) is 6.07 Å². The van der Waals surface area contributed by atoms with Crippen molar-refractivity contribution in [2.24, 2.45) is 0 Å². The minimum absolute atomic E-state index is 0.0129. The Labute approximate surface area is 286 Å². The number of anilines is 1. The van der Waals surface area contributed by atoms with Gasteiger partial charge in [-0.1, -0.05) is 0 Å². The van der Waals surface area contributed by atoms with Gasteiger partial charge in [0.25, 0.3) is 11.4 Å². The molecule has 0 atom stereocenters. The first-order valence-electron chi connectivity index (χ1n) is 16.2. The molecule has 0 spiro atoms. The smallest absolute Gasteiger partial charge is 0.299 e. The molecule has 49 heavy (non-hydrogen) atoms. The molecule has 0 unspecified atom stereocenters. The molecule has 1 aromatic carbocycles. The zero-order valence-electron chi connectivity index (χ0n) is 28.2. The average molecular weight is 712 g/mol. The van der Waals surface area contributed by atoms with E-state index in [0.29, 0.717) is 139 Å². The molecule has 1 aromatic rings. The number of non-ortho nitro benzene ring substituents is 1. The lowest BCUT2D eigenvalue weighted by Crippen LogP contribution is -2.16. The lowest BCUT2D eigenvalue weighted by atomic mass is 10.2. The summed E-state index contributed by atoms with van der Waals surface area (Å²) in [5.74, 6) is 0. The largest absolute Gasteiger partial charge is 0.394 e. The van der Waals surface area contributed by atoms with Crippen molar-refractivity contribution in [2.75, 3.05) is 164 Å². The van der Waals surface area contributed by atoms with E-state index in [1.165, 1.54) is 12.1 Å². The molecule has 0 fully saturated rings. The van der Waals surface area contributed by atoms with Crippen LogP contribution in [0.15, 0.2) is 18.2 Å². The number of rotatable bonds is 38. The van der Waals surface area contributed by atoms with Crippen LogP contribution in [-0.2, 0) is 52.1 Å². The number of benzene rings is 1. The van der Waals surface area contributed by atoms with Crippen LogP contribution in [0.2, 0.25) is 0 Å². The maximum absolute atomic E-state index is 11.1. The van der Waals surface area contributed by atoms with Gasteiger partial charge in [0.05, 0.1) is 168 Å². The number of hydrogen-bond acceptors (Lipinski definition) is 17. The van der Waals surface area contributed by atoms with Crippen molar-refractivity contribution in [2.45, 2.75) is 0 Å². The quantitative estimate of drug-likeness (QED) is 0.0557. The highest BCUT2D eigenvalue weighted by molar-refractivity contribution is 5.65. The summed E-state index contributed by atoms with van der Waals surface area (Å²) in [6.07, 6.45) is 0. The van der Waals surface area contributed by atoms with Gasteiger partial charge in [-0.3, -0.25) is 20.2 Å². The van der Waals surface area contributed by atoms with Crippen molar-refractivity contribution in [3.63, 3.8) is 0 Å². The minimum Gasteiger partial charge on any atom is -0.394 e. The molecule has 0 bridgehead atoms. The Bertz CT molecular complexity index is 933. The van der Waals surface area contributed by atoms with Crippen molar-refractivity contribution in [1.82, 2.24) is 0 Å². The lowest BCUT2D eigenvalue weighted by Gasteiger charge is -2.09. The van der Waals surface area contributed by atoms with Crippen molar-refractivity contribution in [3.05, 3.63) is 38.4 Å². The lowest BCUT2D eigenvalue weighted by molar-refractivity contribution is -0.393. The number of aliphatic hydroxyl groups excluding tert-OH is 1. The standard InChI is InChI=1S/C30H53N3O16/c34-4-6-40-8-10-42-12-14-44-16-18-46-20-22-48-24-26-49-25-23-47-21-19-45-17-15-43-13-11-41-9-7-39-5-3-31-29-2-1-28(32(35)36)27-30(29)33(37)38/h1-2,27,31,34H,3-26H2. The molecule has 2 N–H and O–H groups in total. The highest BCUT2D eigenvalue weighted by atomic mass is 16.6. The van der Waals surface area contributed by atoms with Gasteiger partial charge in [0.1, 0.15) is 5.69 Å². The summed E-state index contributed by atoms with van der Waals surface area (Å²) < 4.78 is 59.3. The van der Waals surface area contributed by atoms with Crippen LogP contribution in [0.4, 0.5) is 17.1 Å². The number of nitro groups is 2. The van der Waals surface area contributed by atoms with Gasteiger partial charge in [-0.15, -0.1) is 0 Å². The first kappa shape index (κ1) is 44.4. The summed E-state index contributed by atoms with van der Waals surface area (Å²) >= 11 is 0. The fourth-order valence-corrected chi connectivity index (χ4v) is 3.56. The number of nitrogens with zero attached hydrogens (tertiary/aromatic N) is 2. The van der Waals surface area contributed by atoms with Crippen molar-refractivity contribution < 1.29 is 67.1 Å². The van der Waals surface area contributed by atoms with Gasteiger partial charge in [0.2, 0.25) is 0 Å². The van der Waals surface area contributed by atoms with Crippen LogP contribution in [0.25, 0.3) is 0 Å². The average Bonchev–Trinajstić information content (AvgIpc) is 3.09. The predicted molar refractivity (Wildman–Crippen MR) is 174 cm³/mol. The Balaban J connectivity index is 1.72. The van der Waals surface area contributed by atoms with Gasteiger partial charge in [-0.25, -0.2) is 0 Å². The van der Waals surface area contributed by atoms with E-state index in [-0.39, 0.29) is 36.8 Å². The van der Waals surface area contributed by atoms with E-state index in [1.807, 2.05) is 0 Å². The third-order valence-corrected chi connectivity index (χ3v) is 5.91. The zero-order valence-corrected chi connectivity index (χ0v) is 28.2. The first-order valence-corrected chi connectivity index (χ1v) is 16.2. The number of hydrogen-bond donors (Lipinski definition) is 2. The Morgan fingerprint density at radius 3 is 1.06 bits per heavy atom. The number of nitro benzene ring substituents is 2. The summed E-state index contributed by atoms with van der Waals surface area (Å²) in [6, 6.07) is 3.42. The summed E-state index contributed by atoms with van der Waals surface area (Å²) in [6.45, 7) is 9.90. The zero-order chi connectivity index (χ0) is 35.5. The van der Waals surface area contributed by atoms with Crippen LogP contribution < -0.4 is 5.32 Å². The van der Waals surface area contributed by atoms with Crippen LogP contribution in [-0.4, -0.2) is 173 Å². The molecule has 284 valence electrons. The van der Waals surface area contributed by atoms with Crippen LogP contribution >= 0.6 is 0 Å². The molecule has 0 aromatic heterocycles. The second kappa shape index (κ2) is 33.8. The van der Waals surface area contributed by atoms with E-state index in [9.17, 15) is 20.2 Å². The number of aliphatic hydroxyl groups is 1. The normalized spacial score (nSPS) is 11.3. The second-order valence-corrected chi connectivity index (χ2v) is 9.60. The Morgan fingerprint density at radius 1 is 0.469 bits per heavy atom. The Morgan fingerprint density at radius 2 is 0.776 bits per heavy atom. The highest BCUT2D eigenvalue weighted by Crippen LogP contribution is 2.28. The highest BCUT2D eigenvalue weighted by Gasteiger charge is 2.19. The molecule has 19 heteroatoms. The van der Waals surface area contributed by atoms with E-state index in [2.05, 4.69) is 5.32 Å². The molecule has 0 aliphatic heterocycles.